The molecule has 0 aliphatic carbocycles. The van der Waals surface area contributed by atoms with Crippen LogP contribution in [0.4, 0.5) is 0 Å². The first-order chi connectivity index (χ1) is 4.57. The van der Waals surface area contributed by atoms with E-state index in [-0.39, 0.29) is 11.1 Å². The molecule has 0 bridgehead atoms. The molecule has 0 aliphatic rings. The Morgan fingerprint density at radius 2 is 2.00 bits per heavy atom. The van der Waals surface area contributed by atoms with Gasteiger partial charge >= 0.3 is 0 Å². The molecule has 56 valence electrons. The second kappa shape index (κ2) is 4.06. The molecular formula is C6H9ClN2O. The van der Waals surface area contributed by atoms with Crippen molar-refractivity contribution in [2.45, 2.75) is 6.92 Å². The molecule has 0 amide bonds. The molecule has 0 heterocycles. The van der Waals surface area contributed by atoms with Crippen molar-refractivity contribution in [2.24, 2.45) is 0 Å². The van der Waals surface area contributed by atoms with Crippen molar-refractivity contribution < 1.29 is 4.74 Å². The van der Waals surface area contributed by atoms with E-state index in [2.05, 4.69) is 4.74 Å². The topological polar surface area (TPSA) is 56.9 Å². The van der Waals surface area contributed by atoms with Crippen LogP contribution in [0.15, 0.2) is 11.6 Å². The largest absolute Gasteiger partial charge is 0.481 e. The lowest BCUT2D eigenvalue weighted by Crippen LogP contribution is -1.97. The first-order valence-electron chi connectivity index (χ1n) is 2.63. The van der Waals surface area contributed by atoms with Crippen LogP contribution in [0.3, 0.4) is 0 Å². The van der Waals surface area contributed by atoms with Gasteiger partial charge in [-0.3, -0.25) is 10.8 Å². The lowest BCUT2D eigenvalue weighted by molar-refractivity contribution is 0.403. The number of nitrogens with one attached hydrogen (secondary N) is 2. The van der Waals surface area contributed by atoms with E-state index in [0.717, 1.165) is 0 Å². The van der Waals surface area contributed by atoms with Gasteiger partial charge in [-0.1, -0.05) is 11.6 Å². The van der Waals surface area contributed by atoms with Crippen molar-refractivity contribution in [3.05, 3.63) is 11.6 Å². The Morgan fingerprint density at radius 1 is 1.50 bits per heavy atom. The van der Waals surface area contributed by atoms with Gasteiger partial charge in [-0.2, -0.15) is 0 Å². The molecule has 0 atom stereocenters. The number of allylic oxidation sites excluding steroid dienone is 1. The fourth-order valence-electron chi connectivity index (χ4n) is 0.319. The SMILES string of the molecule is COC(=N)/C=C(/C)C(=N)Cl. The van der Waals surface area contributed by atoms with Gasteiger partial charge in [-0.15, -0.1) is 0 Å². The van der Waals surface area contributed by atoms with Crippen molar-refractivity contribution in [3.63, 3.8) is 0 Å². The number of rotatable bonds is 2. The maximum absolute atomic E-state index is 7.01. The molecule has 0 rings (SSSR count). The zero-order chi connectivity index (χ0) is 8.15. The average molecular weight is 161 g/mol. The van der Waals surface area contributed by atoms with Crippen LogP contribution in [0, 0.1) is 10.8 Å². The summed E-state index contributed by atoms with van der Waals surface area (Å²) in [6, 6.07) is 0. The molecular weight excluding hydrogens is 152 g/mol. The smallest absolute Gasteiger partial charge is 0.205 e. The molecule has 10 heavy (non-hydrogen) atoms. The maximum Gasteiger partial charge on any atom is 0.205 e. The van der Waals surface area contributed by atoms with Gasteiger partial charge < -0.3 is 4.74 Å². The number of ether oxygens (including phenoxy) is 1. The van der Waals surface area contributed by atoms with Gasteiger partial charge in [0.15, 0.2) is 0 Å². The van der Waals surface area contributed by atoms with Crippen LogP contribution < -0.4 is 0 Å². The molecule has 0 aromatic carbocycles. The Labute approximate surface area is 64.7 Å². The molecule has 0 fully saturated rings. The molecule has 0 aliphatic heterocycles. The minimum atomic E-state index is -0.0678. The summed E-state index contributed by atoms with van der Waals surface area (Å²) >= 11 is 5.29. The van der Waals surface area contributed by atoms with Gasteiger partial charge in [0.25, 0.3) is 0 Å². The first-order valence-corrected chi connectivity index (χ1v) is 3.01. The number of hydrogen-bond acceptors (Lipinski definition) is 3. The van der Waals surface area contributed by atoms with E-state index >= 15 is 0 Å². The van der Waals surface area contributed by atoms with E-state index in [1.165, 1.54) is 13.2 Å². The lowest BCUT2D eigenvalue weighted by Gasteiger charge is -1.96. The molecule has 0 radical (unpaired) electrons. The Balaban J connectivity index is 4.16. The fraction of sp³-hybridized carbons (Fsp3) is 0.333. The van der Waals surface area contributed by atoms with Crippen LogP contribution >= 0.6 is 11.6 Å². The minimum absolute atomic E-state index is 0.00269. The van der Waals surface area contributed by atoms with E-state index in [4.69, 9.17) is 22.4 Å². The Hall–Kier alpha value is -0.830. The first kappa shape index (κ1) is 9.17. The molecule has 4 heteroatoms. The third kappa shape index (κ3) is 3.25. The number of halogens is 1. The normalized spacial score (nSPS) is 10.9. The van der Waals surface area contributed by atoms with Gasteiger partial charge in [-0.25, -0.2) is 0 Å². The summed E-state index contributed by atoms with van der Waals surface area (Å²) in [6.07, 6.45) is 1.38. The second-order valence-corrected chi connectivity index (χ2v) is 2.09. The van der Waals surface area contributed by atoms with Gasteiger partial charge in [0, 0.05) is 6.08 Å². The number of hydrogen-bond donors (Lipinski definition) is 2. The second-order valence-electron chi connectivity index (χ2n) is 1.71. The number of methoxy groups -OCH3 is 1. The van der Waals surface area contributed by atoms with Crippen molar-refractivity contribution in [3.8, 4) is 0 Å². The molecule has 0 aromatic heterocycles. The van der Waals surface area contributed by atoms with Gasteiger partial charge in [-0.05, 0) is 12.5 Å². The predicted octanol–water partition coefficient (Wildman–Crippen LogP) is 1.77. The van der Waals surface area contributed by atoms with Crippen LogP contribution in [-0.2, 0) is 4.74 Å². The Kier molecular flexibility index (Phi) is 3.72. The van der Waals surface area contributed by atoms with E-state index < -0.39 is 0 Å². The monoisotopic (exact) mass is 160 g/mol. The van der Waals surface area contributed by atoms with E-state index in [0.29, 0.717) is 5.57 Å². The molecule has 0 saturated carbocycles. The minimum Gasteiger partial charge on any atom is -0.481 e. The molecule has 0 saturated heterocycles. The zero-order valence-corrected chi connectivity index (χ0v) is 6.62. The highest BCUT2D eigenvalue weighted by Crippen LogP contribution is 1.98. The van der Waals surface area contributed by atoms with Crippen molar-refractivity contribution in [2.75, 3.05) is 7.11 Å². The standard InChI is InChI=1S/C6H9ClN2O/c1-4(6(7)9)3-5(8)10-2/h3,8-9H,1-2H3/b4-3-,8-5?,9-6?. The average Bonchev–Trinajstić information content (AvgIpc) is 1.87. The maximum atomic E-state index is 7.01. The van der Waals surface area contributed by atoms with Crippen LogP contribution in [0.5, 0.6) is 0 Å². The zero-order valence-electron chi connectivity index (χ0n) is 5.86. The molecule has 0 aromatic rings. The highest BCUT2D eigenvalue weighted by Gasteiger charge is 1.95. The van der Waals surface area contributed by atoms with E-state index in [1.807, 2.05) is 0 Å². The van der Waals surface area contributed by atoms with Gasteiger partial charge in [0.2, 0.25) is 5.90 Å². The van der Waals surface area contributed by atoms with Crippen molar-refractivity contribution in [1.29, 1.82) is 10.8 Å². The molecule has 0 unspecified atom stereocenters. The highest BCUT2D eigenvalue weighted by molar-refractivity contribution is 6.68. The summed E-state index contributed by atoms with van der Waals surface area (Å²) < 4.78 is 4.52. The van der Waals surface area contributed by atoms with Crippen LogP contribution in [0.1, 0.15) is 6.92 Å². The Bertz CT molecular complexity index is 186. The molecule has 3 nitrogen and oxygen atoms in total. The summed E-state index contributed by atoms with van der Waals surface area (Å²) in [6.45, 7) is 1.64. The quantitative estimate of drug-likeness (QED) is 0.470. The van der Waals surface area contributed by atoms with Crippen LogP contribution in [0.2, 0.25) is 0 Å². The molecule has 0 spiro atoms. The van der Waals surface area contributed by atoms with Crippen molar-refractivity contribution >= 4 is 22.7 Å². The van der Waals surface area contributed by atoms with Gasteiger partial charge in [0.1, 0.15) is 5.17 Å². The van der Waals surface area contributed by atoms with Crippen molar-refractivity contribution in [1.82, 2.24) is 0 Å². The summed E-state index contributed by atoms with van der Waals surface area (Å²) in [5.74, 6) is 0.00269. The van der Waals surface area contributed by atoms with E-state index in [9.17, 15) is 0 Å². The fourth-order valence-corrected chi connectivity index (χ4v) is 0.373. The summed E-state index contributed by atoms with van der Waals surface area (Å²) in [4.78, 5) is 0. The summed E-state index contributed by atoms with van der Waals surface area (Å²) in [5, 5.41) is 13.9. The van der Waals surface area contributed by atoms with Crippen LogP contribution in [0.25, 0.3) is 0 Å². The summed E-state index contributed by atoms with van der Waals surface area (Å²) in [7, 11) is 1.39. The van der Waals surface area contributed by atoms with Crippen LogP contribution in [-0.4, -0.2) is 18.2 Å². The highest BCUT2D eigenvalue weighted by atomic mass is 35.5. The Morgan fingerprint density at radius 3 is 2.30 bits per heavy atom. The molecule has 2 N–H and O–H groups in total. The van der Waals surface area contributed by atoms with E-state index in [1.54, 1.807) is 6.92 Å². The third-order valence-corrected chi connectivity index (χ3v) is 1.21. The third-order valence-electron chi connectivity index (χ3n) is 0.914. The lowest BCUT2D eigenvalue weighted by atomic mass is 10.3. The predicted molar refractivity (Wildman–Crippen MR) is 42.1 cm³/mol. The summed E-state index contributed by atoms with van der Waals surface area (Å²) in [5.41, 5.74) is 0.522. The van der Waals surface area contributed by atoms with Gasteiger partial charge in [0.05, 0.1) is 7.11 Å².